The van der Waals surface area contributed by atoms with Crippen LogP contribution in [0.25, 0.3) is 11.1 Å². The zero-order valence-corrected chi connectivity index (χ0v) is 11.7. The molecular weight excluding hydrogens is 334 g/mol. The van der Waals surface area contributed by atoms with Crippen LogP contribution < -0.4 is 4.74 Å². The lowest BCUT2D eigenvalue weighted by Gasteiger charge is -2.07. The molecule has 2 nitrogen and oxygen atoms in total. The molecule has 0 saturated carbocycles. The normalized spacial score (nSPS) is 10.2. The van der Waals surface area contributed by atoms with Crippen LogP contribution in [0.15, 0.2) is 45.6 Å². The van der Waals surface area contributed by atoms with Gasteiger partial charge in [-0.05, 0) is 55.6 Å². The number of rotatable bonds is 2. The number of methoxy groups -OCH3 is 1. The lowest BCUT2D eigenvalue weighted by Crippen LogP contribution is -1.86. The molecule has 1 aromatic carbocycles. The maximum absolute atomic E-state index is 5.13. The van der Waals surface area contributed by atoms with E-state index in [2.05, 4.69) is 36.8 Å². The average molecular weight is 343 g/mol. The predicted molar refractivity (Wildman–Crippen MR) is 71.6 cm³/mol. The maximum Gasteiger partial charge on any atom is 0.118 e. The minimum atomic E-state index is 0.826. The van der Waals surface area contributed by atoms with E-state index in [0.717, 1.165) is 26.0 Å². The first-order valence-electron chi connectivity index (χ1n) is 4.67. The van der Waals surface area contributed by atoms with Crippen molar-refractivity contribution in [1.82, 2.24) is 4.98 Å². The van der Waals surface area contributed by atoms with Gasteiger partial charge in [0.15, 0.2) is 0 Å². The van der Waals surface area contributed by atoms with E-state index in [9.17, 15) is 0 Å². The van der Waals surface area contributed by atoms with E-state index in [1.807, 2.05) is 30.3 Å². The van der Waals surface area contributed by atoms with Crippen LogP contribution in [0.1, 0.15) is 0 Å². The molecule has 0 atom stereocenters. The molecule has 0 fully saturated rings. The number of aromatic nitrogens is 1. The van der Waals surface area contributed by atoms with Gasteiger partial charge in [-0.2, -0.15) is 0 Å². The number of hydrogen-bond donors (Lipinski definition) is 0. The van der Waals surface area contributed by atoms with Gasteiger partial charge in [-0.15, -0.1) is 0 Å². The first kappa shape index (κ1) is 11.6. The number of benzene rings is 1. The summed E-state index contributed by atoms with van der Waals surface area (Å²) >= 11 is 6.97. The molecule has 0 radical (unpaired) electrons. The van der Waals surface area contributed by atoms with Crippen LogP contribution in [0.3, 0.4) is 0 Å². The largest absolute Gasteiger partial charge is 0.497 e. The van der Waals surface area contributed by atoms with Crippen LogP contribution in [-0.4, -0.2) is 12.1 Å². The molecule has 1 aromatic heterocycles. The SMILES string of the molecule is COc1ccc(-c2c(Br)ccnc2Br)cc1. The van der Waals surface area contributed by atoms with Crippen molar-refractivity contribution in [3.8, 4) is 16.9 Å². The van der Waals surface area contributed by atoms with E-state index in [4.69, 9.17) is 4.74 Å². The molecule has 4 heteroatoms. The van der Waals surface area contributed by atoms with Crippen molar-refractivity contribution >= 4 is 31.9 Å². The van der Waals surface area contributed by atoms with Crippen molar-refractivity contribution in [2.75, 3.05) is 7.11 Å². The molecule has 0 aliphatic rings. The van der Waals surface area contributed by atoms with E-state index in [-0.39, 0.29) is 0 Å². The Morgan fingerprint density at radius 3 is 2.31 bits per heavy atom. The van der Waals surface area contributed by atoms with Gasteiger partial charge in [0.2, 0.25) is 0 Å². The molecule has 0 N–H and O–H groups in total. The average Bonchev–Trinajstić information content (AvgIpc) is 2.30. The Kier molecular flexibility index (Phi) is 3.61. The van der Waals surface area contributed by atoms with Crippen LogP contribution in [0.2, 0.25) is 0 Å². The summed E-state index contributed by atoms with van der Waals surface area (Å²) < 4.78 is 6.97. The second kappa shape index (κ2) is 4.97. The monoisotopic (exact) mass is 341 g/mol. The fraction of sp³-hybridized carbons (Fsp3) is 0.0833. The summed E-state index contributed by atoms with van der Waals surface area (Å²) in [6.45, 7) is 0. The topological polar surface area (TPSA) is 22.1 Å². The number of pyridine rings is 1. The van der Waals surface area contributed by atoms with Crippen LogP contribution in [0.5, 0.6) is 5.75 Å². The van der Waals surface area contributed by atoms with Crippen molar-refractivity contribution in [2.24, 2.45) is 0 Å². The molecule has 0 amide bonds. The minimum absolute atomic E-state index is 0.826. The second-order valence-electron chi connectivity index (χ2n) is 3.19. The van der Waals surface area contributed by atoms with Crippen molar-refractivity contribution in [1.29, 1.82) is 0 Å². The van der Waals surface area contributed by atoms with Gasteiger partial charge in [0.05, 0.1) is 7.11 Å². The van der Waals surface area contributed by atoms with Gasteiger partial charge in [0, 0.05) is 16.2 Å². The van der Waals surface area contributed by atoms with Gasteiger partial charge < -0.3 is 4.74 Å². The summed E-state index contributed by atoms with van der Waals surface area (Å²) in [7, 11) is 1.66. The summed E-state index contributed by atoms with van der Waals surface area (Å²) in [6, 6.07) is 9.80. The highest BCUT2D eigenvalue weighted by molar-refractivity contribution is 9.11. The Hall–Kier alpha value is -0.870. The number of halogens is 2. The van der Waals surface area contributed by atoms with Crippen LogP contribution in [-0.2, 0) is 0 Å². The second-order valence-corrected chi connectivity index (χ2v) is 4.79. The fourth-order valence-electron chi connectivity index (χ4n) is 1.43. The Labute approximate surface area is 111 Å². The molecule has 0 aliphatic carbocycles. The molecule has 0 unspecified atom stereocenters. The molecule has 16 heavy (non-hydrogen) atoms. The zero-order valence-electron chi connectivity index (χ0n) is 8.58. The van der Waals surface area contributed by atoms with Gasteiger partial charge in [-0.25, -0.2) is 4.98 Å². The molecule has 0 bridgehead atoms. The molecule has 0 spiro atoms. The Bertz CT molecular complexity index is 477. The van der Waals surface area contributed by atoms with E-state index in [0.29, 0.717) is 0 Å². The van der Waals surface area contributed by atoms with Gasteiger partial charge in [0.1, 0.15) is 10.4 Å². The lowest BCUT2D eigenvalue weighted by molar-refractivity contribution is 0.415. The highest BCUT2D eigenvalue weighted by atomic mass is 79.9. The van der Waals surface area contributed by atoms with Gasteiger partial charge in [0.25, 0.3) is 0 Å². The van der Waals surface area contributed by atoms with Crippen molar-refractivity contribution < 1.29 is 4.74 Å². The third kappa shape index (κ3) is 2.28. The maximum atomic E-state index is 5.13. The van der Waals surface area contributed by atoms with Crippen LogP contribution in [0, 0.1) is 0 Å². The highest BCUT2D eigenvalue weighted by Gasteiger charge is 2.08. The summed E-state index contributed by atoms with van der Waals surface area (Å²) in [5, 5.41) is 0. The van der Waals surface area contributed by atoms with Crippen molar-refractivity contribution in [3.63, 3.8) is 0 Å². The Balaban J connectivity index is 2.50. The van der Waals surface area contributed by atoms with Crippen LogP contribution >= 0.6 is 31.9 Å². The van der Waals surface area contributed by atoms with Gasteiger partial charge in [-0.1, -0.05) is 12.1 Å². The number of ether oxygens (including phenoxy) is 1. The summed E-state index contributed by atoms with van der Waals surface area (Å²) in [6.07, 6.45) is 1.75. The molecule has 0 aliphatic heterocycles. The molecule has 2 rings (SSSR count). The summed E-state index contributed by atoms with van der Waals surface area (Å²) in [5.74, 6) is 0.847. The van der Waals surface area contributed by atoms with Gasteiger partial charge in [-0.3, -0.25) is 0 Å². The quantitative estimate of drug-likeness (QED) is 0.760. The lowest BCUT2D eigenvalue weighted by atomic mass is 10.1. The third-order valence-corrected chi connectivity index (χ3v) is 3.49. The first-order chi connectivity index (χ1) is 7.72. The molecule has 2 aromatic rings. The molecule has 1 heterocycles. The minimum Gasteiger partial charge on any atom is -0.497 e. The molecule has 0 saturated heterocycles. The summed E-state index contributed by atoms with van der Waals surface area (Å²) in [4.78, 5) is 4.21. The third-order valence-electron chi connectivity index (χ3n) is 2.23. The molecule has 82 valence electrons. The zero-order chi connectivity index (χ0) is 11.5. The molecular formula is C12H9Br2NO. The first-order valence-corrected chi connectivity index (χ1v) is 6.25. The predicted octanol–water partition coefficient (Wildman–Crippen LogP) is 4.28. The number of nitrogens with zero attached hydrogens (tertiary/aromatic N) is 1. The Morgan fingerprint density at radius 1 is 1.06 bits per heavy atom. The van der Waals surface area contributed by atoms with Crippen LogP contribution in [0.4, 0.5) is 0 Å². The van der Waals surface area contributed by atoms with E-state index in [1.54, 1.807) is 13.3 Å². The summed E-state index contributed by atoms with van der Waals surface area (Å²) in [5.41, 5.74) is 2.14. The van der Waals surface area contributed by atoms with Gasteiger partial charge >= 0.3 is 0 Å². The fourth-order valence-corrected chi connectivity index (χ4v) is 2.79. The van der Waals surface area contributed by atoms with E-state index < -0.39 is 0 Å². The van der Waals surface area contributed by atoms with Crippen molar-refractivity contribution in [2.45, 2.75) is 0 Å². The van der Waals surface area contributed by atoms with E-state index >= 15 is 0 Å². The highest BCUT2D eigenvalue weighted by Crippen LogP contribution is 2.34. The smallest absolute Gasteiger partial charge is 0.118 e. The Morgan fingerprint density at radius 2 is 1.75 bits per heavy atom. The van der Waals surface area contributed by atoms with Crippen molar-refractivity contribution in [3.05, 3.63) is 45.6 Å². The van der Waals surface area contributed by atoms with E-state index in [1.165, 1.54) is 0 Å². The number of hydrogen-bond acceptors (Lipinski definition) is 2. The standard InChI is InChI=1S/C12H9Br2NO/c1-16-9-4-2-8(3-5-9)11-10(13)6-7-15-12(11)14/h2-7H,1H3.